The van der Waals surface area contributed by atoms with Gasteiger partial charge in [-0.3, -0.25) is 14.5 Å². The van der Waals surface area contributed by atoms with Crippen molar-refractivity contribution in [2.24, 2.45) is 0 Å². The van der Waals surface area contributed by atoms with Crippen LogP contribution in [-0.2, 0) is 14.3 Å². The number of carbonyl (C=O) groups is 2. The fourth-order valence-corrected chi connectivity index (χ4v) is 3.48. The van der Waals surface area contributed by atoms with E-state index in [2.05, 4.69) is 15.5 Å². The molecule has 160 valence electrons. The van der Waals surface area contributed by atoms with Gasteiger partial charge in [0.25, 0.3) is 0 Å². The van der Waals surface area contributed by atoms with E-state index in [1.807, 2.05) is 31.2 Å². The van der Waals surface area contributed by atoms with Gasteiger partial charge in [0.05, 0.1) is 26.4 Å². The lowest BCUT2D eigenvalue weighted by molar-refractivity contribution is -0.136. The molecule has 0 saturated carbocycles. The van der Waals surface area contributed by atoms with Crippen LogP contribution in [-0.4, -0.2) is 56.7 Å². The number of amides is 2. The number of benzene rings is 2. The molecule has 2 aromatic rings. The second-order valence-corrected chi connectivity index (χ2v) is 7.47. The Hall–Kier alpha value is -2.61. The summed E-state index contributed by atoms with van der Waals surface area (Å²) < 4.78 is 10.7. The molecule has 1 heterocycles. The number of carbonyl (C=O) groups excluding carboxylic acids is 2. The summed E-state index contributed by atoms with van der Waals surface area (Å²) in [4.78, 5) is 26.9. The number of hydrogen-bond acceptors (Lipinski definition) is 5. The minimum Gasteiger partial charge on any atom is -0.497 e. The summed E-state index contributed by atoms with van der Waals surface area (Å²) in [5.74, 6) is -0.663. The molecule has 0 spiro atoms. The van der Waals surface area contributed by atoms with Crippen LogP contribution in [0, 0.1) is 6.92 Å². The maximum atomic E-state index is 12.4. The van der Waals surface area contributed by atoms with Crippen molar-refractivity contribution in [3.05, 3.63) is 58.6 Å². The van der Waals surface area contributed by atoms with E-state index in [-0.39, 0.29) is 6.04 Å². The SMILES string of the molecule is COc1ccc(C(CNC(=O)C(=O)Nc2ccc(C)c(Cl)c2)N2CCOCC2)cc1. The number of hydrogen-bond donors (Lipinski definition) is 2. The Labute approximate surface area is 181 Å². The maximum Gasteiger partial charge on any atom is 0.313 e. The minimum atomic E-state index is -0.731. The molecule has 3 rings (SSSR count). The highest BCUT2D eigenvalue weighted by Gasteiger charge is 2.24. The standard InChI is InChI=1S/C22H26ClN3O4/c1-15-3-6-17(13-19(15)23)25-22(28)21(27)24-14-20(26-9-11-30-12-10-26)16-4-7-18(29-2)8-5-16/h3-8,13,20H,9-12,14H2,1-2H3,(H,24,27)(H,25,28). The van der Waals surface area contributed by atoms with Crippen LogP contribution in [0.4, 0.5) is 5.69 Å². The van der Waals surface area contributed by atoms with Crippen molar-refractivity contribution >= 4 is 29.1 Å². The molecule has 2 N–H and O–H groups in total. The van der Waals surface area contributed by atoms with E-state index in [9.17, 15) is 9.59 Å². The summed E-state index contributed by atoms with van der Waals surface area (Å²) >= 11 is 6.08. The smallest absolute Gasteiger partial charge is 0.313 e. The number of aryl methyl sites for hydroxylation is 1. The van der Waals surface area contributed by atoms with E-state index in [1.165, 1.54) is 0 Å². The molecule has 2 amide bonds. The molecule has 1 aliphatic rings. The lowest BCUT2D eigenvalue weighted by Crippen LogP contribution is -2.45. The lowest BCUT2D eigenvalue weighted by Gasteiger charge is -2.34. The van der Waals surface area contributed by atoms with E-state index in [4.69, 9.17) is 21.1 Å². The van der Waals surface area contributed by atoms with E-state index in [1.54, 1.807) is 25.3 Å². The van der Waals surface area contributed by atoms with Crippen molar-refractivity contribution in [3.8, 4) is 5.75 Å². The monoisotopic (exact) mass is 431 g/mol. The van der Waals surface area contributed by atoms with Crippen LogP contribution >= 0.6 is 11.6 Å². The van der Waals surface area contributed by atoms with Crippen LogP contribution in [0.25, 0.3) is 0 Å². The van der Waals surface area contributed by atoms with Crippen LogP contribution in [0.15, 0.2) is 42.5 Å². The average molecular weight is 432 g/mol. The van der Waals surface area contributed by atoms with Gasteiger partial charge in [-0.15, -0.1) is 0 Å². The molecule has 1 unspecified atom stereocenters. The van der Waals surface area contributed by atoms with E-state index < -0.39 is 11.8 Å². The Bertz CT molecular complexity index is 882. The second-order valence-electron chi connectivity index (χ2n) is 7.07. The molecule has 0 bridgehead atoms. The number of methoxy groups -OCH3 is 1. The highest BCUT2D eigenvalue weighted by Crippen LogP contribution is 2.24. The van der Waals surface area contributed by atoms with Gasteiger partial charge in [-0.2, -0.15) is 0 Å². The molecule has 0 aromatic heterocycles. The van der Waals surface area contributed by atoms with Crippen LogP contribution in [0.5, 0.6) is 5.75 Å². The fourth-order valence-electron chi connectivity index (χ4n) is 3.30. The van der Waals surface area contributed by atoms with Gasteiger partial charge in [0.15, 0.2) is 0 Å². The van der Waals surface area contributed by atoms with Crippen molar-refractivity contribution in [3.63, 3.8) is 0 Å². The number of rotatable bonds is 6. The average Bonchev–Trinajstić information content (AvgIpc) is 2.77. The van der Waals surface area contributed by atoms with Crippen LogP contribution in [0.2, 0.25) is 5.02 Å². The van der Waals surface area contributed by atoms with Gasteiger partial charge in [0, 0.05) is 30.3 Å². The third-order valence-electron chi connectivity index (χ3n) is 5.08. The first-order chi connectivity index (χ1) is 14.5. The molecule has 0 aliphatic carbocycles. The van der Waals surface area contributed by atoms with Gasteiger partial charge in [-0.25, -0.2) is 0 Å². The molecule has 0 radical (unpaired) electrons. The zero-order chi connectivity index (χ0) is 21.5. The highest BCUT2D eigenvalue weighted by molar-refractivity contribution is 6.39. The third kappa shape index (κ3) is 5.72. The first-order valence-corrected chi connectivity index (χ1v) is 10.2. The molecule has 1 atom stereocenters. The van der Waals surface area contributed by atoms with Gasteiger partial charge < -0.3 is 20.1 Å². The largest absolute Gasteiger partial charge is 0.497 e. The molecule has 1 saturated heterocycles. The highest BCUT2D eigenvalue weighted by atomic mass is 35.5. The summed E-state index contributed by atoms with van der Waals surface area (Å²) in [6.07, 6.45) is 0. The first kappa shape index (κ1) is 22.1. The van der Waals surface area contributed by atoms with E-state index in [0.717, 1.165) is 30.0 Å². The second kappa shape index (κ2) is 10.4. The fraction of sp³-hybridized carbons (Fsp3) is 0.364. The van der Waals surface area contributed by atoms with Gasteiger partial charge in [0.1, 0.15) is 5.75 Å². The molecular weight excluding hydrogens is 406 g/mol. The summed E-state index contributed by atoms with van der Waals surface area (Å²) in [6, 6.07) is 12.8. The summed E-state index contributed by atoms with van der Waals surface area (Å²) in [5, 5.41) is 5.87. The molecule has 8 heteroatoms. The predicted molar refractivity (Wildman–Crippen MR) is 116 cm³/mol. The van der Waals surface area contributed by atoms with Gasteiger partial charge in [0.2, 0.25) is 0 Å². The number of morpholine rings is 1. The van der Waals surface area contributed by atoms with Crippen molar-refractivity contribution in [1.29, 1.82) is 0 Å². The Morgan fingerprint density at radius 2 is 1.83 bits per heavy atom. The number of nitrogens with one attached hydrogen (secondary N) is 2. The van der Waals surface area contributed by atoms with Crippen LogP contribution in [0.3, 0.4) is 0 Å². The summed E-state index contributed by atoms with van der Waals surface area (Å²) in [5.41, 5.74) is 2.40. The zero-order valence-corrected chi connectivity index (χ0v) is 17.9. The van der Waals surface area contributed by atoms with Gasteiger partial charge >= 0.3 is 11.8 Å². The van der Waals surface area contributed by atoms with Crippen molar-refractivity contribution < 1.29 is 19.1 Å². The number of anilines is 1. The summed E-state index contributed by atoms with van der Waals surface area (Å²) in [6.45, 7) is 4.94. The normalized spacial score (nSPS) is 15.3. The maximum absolute atomic E-state index is 12.4. The van der Waals surface area contributed by atoms with Crippen molar-refractivity contribution in [2.75, 3.05) is 45.3 Å². The number of halogens is 1. The molecular formula is C22H26ClN3O4. The van der Waals surface area contributed by atoms with Crippen molar-refractivity contribution in [2.45, 2.75) is 13.0 Å². The Morgan fingerprint density at radius 3 is 2.47 bits per heavy atom. The van der Waals surface area contributed by atoms with Gasteiger partial charge in [-0.1, -0.05) is 29.8 Å². The van der Waals surface area contributed by atoms with Crippen LogP contribution < -0.4 is 15.4 Å². The molecule has 1 aliphatic heterocycles. The molecule has 2 aromatic carbocycles. The zero-order valence-electron chi connectivity index (χ0n) is 17.1. The quantitative estimate of drug-likeness (QED) is 0.687. The van der Waals surface area contributed by atoms with Gasteiger partial charge in [-0.05, 0) is 42.3 Å². The number of ether oxygens (including phenoxy) is 2. The van der Waals surface area contributed by atoms with Crippen molar-refractivity contribution in [1.82, 2.24) is 10.2 Å². The Morgan fingerprint density at radius 1 is 1.13 bits per heavy atom. The number of nitrogens with zero attached hydrogens (tertiary/aromatic N) is 1. The van der Waals surface area contributed by atoms with E-state index >= 15 is 0 Å². The molecule has 7 nitrogen and oxygen atoms in total. The molecule has 30 heavy (non-hydrogen) atoms. The van der Waals surface area contributed by atoms with Crippen LogP contribution in [0.1, 0.15) is 17.2 Å². The predicted octanol–water partition coefficient (Wildman–Crippen LogP) is 2.79. The Balaban J connectivity index is 1.65. The summed E-state index contributed by atoms with van der Waals surface area (Å²) in [7, 11) is 1.62. The topological polar surface area (TPSA) is 79.9 Å². The minimum absolute atomic E-state index is 0.0784. The third-order valence-corrected chi connectivity index (χ3v) is 5.49. The molecule has 1 fully saturated rings. The Kier molecular flexibility index (Phi) is 7.68. The van der Waals surface area contributed by atoms with E-state index in [0.29, 0.717) is 30.5 Å². The lowest BCUT2D eigenvalue weighted by atomic mass is 10.0. The first-order valence-electron chi connectivity index (χ1n) is 9.79.